The maximum atomic E-state index is 9.40. The van der Waals surface area contributed by atoms with Crippen LogP contribution in [0, 0.1) is 13.8 Å². The van der Waals surface area contributed by atoms with Gasteiger partial charge in [0.2, 0.25) is 0 Å². The lowest BCUT2D eigenvalue weighted by Crippen LogP contribution is -2.52. The Morgan fingerprint density at radius 1 is 1.00 bits per heavy atom. The molecule has 2 aromatic rings. The van der Waals surface area contributed by atoms with Crippen LogP contribution in [0.5, 0.6) is 0 Å². The van der Waals surface area contributed by atoms with E-state index in [2.05, 4.69) is 9.80 Å². The number of aryl methyl sites for hydroxylation is 2. The van der Waals surface area contributed by atoms with Crippen molar-refractivity contribution in [2.24, 2.45) is 0 Å². The van der Waals surface area contributed by atoms with Gasteiger partial charge in [-0.1, -0.05) is 0 Å². The predicted molar refractivity (Wildman–Crippen MR) is 88.1 cm³/mol. The largest absolute Gasteiger partial charge is 0.465 e. The molecular weight excluding hydrogens is 292 g/mol. The second-order valence-electron chi connectivity index (χ2n) is 6.40. The molecule has 0 amide bonds. The third kappa shape index (κ3) is 4.25. The van der Waals surface area contributed by atoms with Crippen molar-refractivity contribution in [1.82, 2.24) is 9.80 Å². The maximum absolute atomic E-state index is 9.40. The minimum absolute atomic E-state index is 0.214. The Morgan fingerprint density at radius 3 is 2.22 bits per heavy atom. The van der Waals surface area contributed by atoms with E-state index in [4.69, 9.17) is 8.83 Å². The summed E-state index contributed by atoms with van der Waals surface area (Å²) in [5, 5.41) is 9.40. The summed E-state index contributed by atoms with van der Waals surface area (Å²) in [6, 6.07) is 8.45. The standard InChI is InChI=1S/C18H26N2O3/c1-14-3-5-17(22-14)12-19-8-9-20(16(11-19)7-10-21)13-18-6-4-15(2)23-18/h3-6,16,21H,7-13H2,1-2H3. The molecule has 1 fully saturated rings. The van der Waals surface area contributed by atoms with E-state index in [0.29, 0.717) is 6.04 Å². The van der Waals surface area contributed by atoms with Crippen molar-refractivity contribution in [3.63, 3.8) is 0 Å². The fourth-order valence-electron chi connectivity index (χ4n) is 3.29. The molecule has 2 aromatic heterocycles. The van der Waals surface area contributed by atoms with E-state index >= 15 is 0 Å². The molecule has 3 rings (SSSR count). The molecule has 1 saturated heterocycles. The van der Waals surface area contributed by atoms with Gasteiger partial charge in [-0.2, -0.15) is 0 Å². The molecule has 5 nitrogen and oxygen atoms in total. The van der Waals surface area contributed by atoms with E-state index in [0.717, 1.165) is 62.2 Å². The Morgan fingerprint density at radius 2 is 1.65 bits per heavy atom. The fourth-order valence-corrected chi connectivity index (χ4v) is 3.29. The summed E-state index contributed by atoms with van der Waals surface area (Å²) in [5.41, 5.74) is 0. The predicted octanol–water partition coefficient (Wildman–Crippen LogP) is 2.56. The molecule has 0 spiro atoms. The summed E-state index contributed by atoms with van der Waals surface area (Å²) >= 11 is 0. The van der Waals surface area contributed by atoms with Gasteiger partial charge in [0.15, 0.2) is 0 Å². The lowest BCUT2D eigenvalue weighted by Gasteiger charge is -2.40. The molecule has 5 heteroatoms. The number of hydrogen-bond donors (Lipinski definition) is 1. The number of rotatable bonds is 6. The van der Waals surface area contributed by atoms with E-state index in [1.165, 1.54) is 0 Å². The van der Waals surface area contributed by atoms with Crippen LogP contribution in [0.1, 0.15) is 29.5 Å². The van der Waals surface area contributed by atoms with Gasteiger partial charge in [0.1, 0.15) is 23.0 Å². The highest BCUT2D eigenvalue weighted by Gasteiger charge is 2.27. The van der Waals surface area contributed by atoms with E-state index in [1.807, 2.05) is 38.1 Å². The van der Waals surface area contributed by atoms with Gasteiger partial charge in [-0.05, 0) is 44.5 Å². The molecule has 3 heterocycles. The van der Waals surface area contributed by atoms with Crippen LogP contribution in [0.4, 0.5) is 0 Å². The zero-order valence-corrected chi connectivity index (χ0v) is 14.0. The van der Waals surface area contributed by atoms with Gasteiger partial charge >= 0.3 is 0 Å². The summed E-state index contributed by atoms with van der Waals surface area (Å²) in [5.74, 6) is 3.92. The number of nitrogens with zero attached hydrogens (tertiary/aromatic N) is 2. The van der Waals surface area contributed by atoms with E-state index in [1.54, 1.807) is 0 Å². The Hall–Kier alpha value is -1.56. The third-order valence-corrected chi connectivity index (χ3v) is 4.48. The number of piperazine rings is 1. The summed E-state index contributed by atoms with van der Waals surface area (Å²) < 4.78 is 11.4. The second kappa shape index (κ2) is 7.34. The molecular formula is C18H26N2O3. The van der Waals surface area contributed by atoms with Gasteiger partial charge in [-0.3, -0.25) is 9.80 Å². The van der Waals surface area contributed by atoms with Crippen molar-refractivity contribution >= 4 is 0 Å². The lowest BCUT2D eigenvalue weighted by atomic mass is 10.1. The zero-order chi connectivity index (χ0) is 16.2. The highest BCUT2D eigenvalue weighted by Crippen LogP contribution is 2.20. The number of hydrogen-bond acceptors (Lipinski definition) is 5. The van der Waals surface area contributed by atoms with Crippen LogP contribution in [0.2, 0.25) is 0 Å². The first kappa shape index (κ1) is 16.3. The van der Waals surface area contributed by atoms with Crippen molar-refractivity contribution in [3.8, 4) is 0 Å². The Bertz CT molecular complexity index is 619. The first-order valence-corrected chi connectivity index (χ1v) is 8.32. The maximum Gasteiger partial charge on any atom is 0.118 e. The van der Waals surface area contributed by atoms with Crippen molar-refractivity contribution in [2.45, 2.75) is 39.4 Å². The fraction of sp³-hybridized carbons (Fsp3) is 0.556. The Kier molecular flexibility index (Phi) is 5.20. The van der Waals surface area contributed by atoms with Crippen LogP contribution in [-0.2, 0) is 13.1 Å². The highest BCUT2D eigenvalue weighted by molar-refractivity contribution is 5.07. The quantitative estimate of drug-likeness (QED) is 0.887. The third-order valence-electron chi connectivity index (χ3n) is 4.48. The molecule has 0 saturated carbocycles. The molecule has 1 atom stereocenters. The second-order valence-corrected chi connectivity index (χ2v) is 6.40. The Balaban J connectivity index is 1.60. The molecule has 0 aromatic carbocycles. The van der Waals surface area contributed by atoms with Crippen LogP contribution in [0.15, 0.2) is 33.1 Å². The van der Waals surface area contributed by atoms with Gasteiger partial charge < -0.3 is 13.9 Å². The van der Waals surface area contributed by atoms with Gasteiger partial charge in [-0.25, -0.2) is 0 Å². The lowest BCUT2D eigenvalue weighted by molar-refractivity contribution is 0.0423. The molecule has 0 radical (unpaired) electrons. The molecule has 1 aliphatic rings. The summed E-state index contributed by atoms with van der Waals surface area (Å²) in [6.45, 7) is 8.73. The van der Waals surface area contributed by atoms with Crippen LogP contribution in [0.3, 0.4) is 0 Å². The normalized spacial score (nSPS) is 20.2. The topological polar surface area (TPSA) is 53.0 Å². The minimum atomic E-state index is 0.214. The van der Waals surface area contributed by atoms with E-state index in [-0.39, 0.29) is 6.61 Å². The molecule has 1 aliphatic heterocycles. The van der Waals surface area contributed by atoms with Crippen LogP contribution < -0.4 is 0 Å². The molecule has 23 heavy (non-hydrogen) atoms. The van der Waals surface area contributed by atoms with E-state index in [9.17, 15) is 5.11 Å². The smallest absolute Gasteiger partial charge is 0.118 e. The first-order chi connectivity index (χ1) is 11.1. The molecule has 1 unspecified atom stereocenters. The average molecular weight is 318 g/mol. The Labute approximate surface area is 137 Å². The monoisotopic (exact) mass is 318 g/mol. The highest BCUT2D eigenvalue weighted by atomic mass is 16.3. The average Bonchev–Trinajstić information content (AvgIpc) is 3.11. The van der Waals surface area contributed by atoms with Gasteiger partial charge in [0, 0.05) is 32.3 Å². The van der Waals surface area contributed by atoms with Crippen LogP contribution in [0.25, 0.3) is 0 Å². The number of aliphatic hydroxyl groups is 1. The molecule has 0 bridgehead atoms. The van der Waals surface area contributed by atoms with Gasteiger partial charge in [0.25, 0.3) is 0 Å². The SMILES string of the molecule is Cc1ccc(CN2CCN(Cc3ccc(C)o3)C(CCO)C2)o1. The van der Waals surface area contributed by atoms with E-state index < -0.39 is 0 Å². The summed E-state index contributed by atoms with van der Waals surface area (Å²) in [4.78, 5) is 4.82. The zero-order valence-electron chi connectivity index (χ0n) is 14.0. The molecule has 0 aliphatic carbocycles. The van der Waals surface area contributed by atoms with Crippen LogP contribution >= 0.6 is 0 Å². The summed E-state index contributed by atoms with van der Waals surface area (Å²) in [6.07, 6.45) is 0.785. The van der Waals surface area contributed by atoms with Crippen molar-refractivity contribution in [3.05, 3.63) is 47.3 Å². The van der Waals surface area contributed by atoms with Crippen molar-refractivity contribution in [2.75, 3.05) is 26.2 Å². The molecule has 1 N–H and O–H groups in total. The molecule has 126 valence electrons. The van der Waals surface area contributed by atoms with Crippen LogP contribution in [-0.4, -0.2) is 47.2 Å². The van der Waals surface area contributed by atoms with Gasteiger partial charge in [0.05, 0.1) is 13.1 Å². The van der Waals surface area contributed by atoms with Crippen molar-refractivity contribution < 1.29 is 13.9 Å². The number of furan rings is 2. The minimum Gasteiger partial charge on any atom is -0.465 e. The summed E-state index contributed by atoms with van der Waals surface area (Å²) in [7, 11) is 0. The van der Waals surface area contributed by atoms with Gasteiger partial charge in [-0.15, -0.1) is 0 Å². The van der Waals surface area contributed by atoms with Crippen molar-refractivity contribution in [1.29, 1.82) is 0 Å². The number of aliphatic hydroxyl groups excluding tert-OH is 1. The first-order valence-electron chi connectivity index (χ1n) is 8.32.